The number of nitrogens with zero attached hydrogens (tertiary/aromatic N) is 4. The van der Waals surface area contributed by atoms with E-state index >= 15 is 0 Å². The van der Waals surface area contributed by atoms with Gasteiger partial charge in [-0.2, -0.15) is 0 Å². The molecule has 0 aliphatic heterocycles. The highest BCUT2D eigenvalue weighted by Gasteiger charge is 2.18. The van der Waals surface area contributed by atoms with Crippen molar-refractivity contribution in [1.82, 2.24) is 19.9 Å². The van der Waals surface area contributed by atoms with Gasteiger partial charge in [-0.05, 0) is 79.5 Å². The molecule has 252 valence electrons. The van der Waals surface area contributed by atoms with E-state index in [-0.39, 0.29) is 0 Å². The Morgan fingerprint density at radius 2 is 0.833 bits per heavy atom. The molecule has 0 saturated heterocycles. The summed E-state index contributed by atoms with van der Waals surface area (Å²) in [5.74, 6) is 0.628. The van der Waals surface area contributed by atoms with Crippen LogP contribution >= 0.6 is 0 Å². The van der Waals surface area contributed by atoms with Gasteiger partial charge in [0.05, 0.1) is 17.1 Å². The summed E-state index contributed by atoms with van der Waals surface area (Å²) in [4.78, 5) is 19.7. The predicted molar refractivity (Wildman–Crippen MR) is 223 cm³/mol. The van der Waals surface area contributed by atoms with Crippen molar-refractivity contribution < 1.29 is 0 Å². The van der Waals surface area contributed by atoms with Gasteiger partial charge in [0.25, 0.3) is 0 Å². The zero-order valence-electron chi connectivity index (χ0n) is 29.3. The molecule has 54 heavy (non-hydrogen) atoms. The molecular formula is C50H32N4. The SMILES string of the molecule is c1ccc(-c2c3ccccc3c(-c3cccc(-c4cc(-c5cccc(-c6ccccn6)c5)nc(-c5cncc6ccccc56)n4)c3)c3ccccc23)cc1. The molecule has 0 fully saturated rings. The lowest BCUT2D eigenvalue weighted by Gasteiger charge is -2.18. The van der Waals surface area contributed by atoms with Crippen molar-refractivity contribution in [2.24, 2.45) is 0 Å². The molecule has 0 amide bonds. The Morgan fingerprint density at radius 3 is 1.46 bits per heavy atom. The first-order valence-corrected chi connectivity index (χ1v) is 18.1. The van der Waals surface area contributed by atoms with Crippen LogP contribution in [0.25, 0.3) is 99.7 Å². The van der Waals surface area contributed by atoms with Crippen LogP contribution in [0.15, 0.2) is 195 Å². The van der Waals surface area contributed by atoms with Crippen LogP contribution < -0.4 is 0 Å². The number of rotatable bonds is 6. The number of hydrogen-bond donors (Lipinski definition) is 0. The summed E-state index contributed by atoms with van der Waals surface area (Å²) in [7, 11) is 0. The molecule has 0 unspecified atom stereocenters. The monoisotopic (exact) mass is 688 g/mol. The average molecular weight is 689 g/mol. The summed E-state index contributed by atoms with van der Waals surface area (Å²) < 4.78 is 0. The van der Waals surface area contributed by atoms with E-state index < -0.39 is 0 Å². The van der Waals surface area contributed by atoms with Crippen LogP contribution in [0.1, 0.15) is 0 Å². The average Bonchev–Trinajstić information content (AvgIpc) is 3.26. The minimum absolute atomic E-state index is 0.628. The highest BCUT2D eigenvalue weighted by atomic mass is 14.9. The van der Waals surface area contributed by atoms with Crippen LogP contribution in [-0.4, -0.2) is 19.9 Å². The van der Waals surface area contributed by atoms with Gasteiger partial charge in [0.2, 0.25) is 0 Å². The van der Waals surface area contributed by atoms with Gasteiger partial charge in [-0.25, -0.2) is 9.97 Å². The molecule has 4 heteroatoms. The van der Waals surface area contributed by atoms with Gasteiger partial charge in [0.1, 0.15) is 0 Å². The van der Waals surface area contributed by atoms with Crippen molar-refractivity contribution in [1.29, 1.82) is 0 Å². The maximum atomic E-state index is 5.28. The minimum Gasteiger partial charge on any atom is -0.263 e. The van der Waals surface area contributed by atoms with Gasteiger partial charge in [-0.3, -0.25) is 9.97 Å². The van der Waals surface area contributed by atoms with Gasteiger partial charge in [-0.1, -0.05) is 146 Å². The maximum Gasteiger partial charge on any atom is 0.162 e. The Morgan fingerprint density at radius 1 is 0.333 bits per heavy atom. The van der Waals surface area contributed by atoms with Crippen LogP contribution in [0.5, 0.6) is 0 Å². The Hall–Kier alpha value is -7.30. The highest BCUT2D eigenvalue weighted by molar-refractivity contribution is 6.21. The second kappa shape index (κ2) is 13.4. The smallest absolute Gasteiger partial charge is 0.162 e. The third kappa shape index (κ3) is 5.58. The van der Waals surface area contributed by atoms with E-state index in [9.17, 15) is 0 Å². The lowest BCUT2D eigenvalue weighted by Crippen LogP contribution is -1.97. The topological polar surface area (TPSA) is 51.6 Å². The molecule has 10 aromatic rings. The van der Waals surface area contributed by atoms with Crippen molar-refractivity contribution in [3.63, 3.8) is 0 Å². The van der Waals surface area contributed by atoms with Crippen molar-refractivity contribution in [3.05, 3.63) is 195 Å². The molecule has 0 aliphatic carbocycles. The van der Waals surface area contributed by atoms with Crippen molar-refractivity contribution in [2.75, 3.05) is 0 Å². The lowest BCUT2D eigenvalue weighted by molar-refractivity contribution is 1.18. The van der Waals surface area contributed by atoms with Gasteiger partial charge in [-0.15, -0.1) is 0 Å². The van der Waals surface area contributed by atoms with Gasteiger partial charge in [0, 0.05) is 46.2 Å². The van der Waals surface area contributed by atoms with Crippen LogP contribution in [0.3, 0.4) is 0 Å². The number of aromatic nitrogens is 4. The van der Waals surface area contributed by atoms with E-state index in [1.807, 2.05) is 48.9 Å². The molecule has 0 aliphatic rings. The van der Waals surface area contributed by atoms with Gasteiger partial charge in [0.15, 0.2) is 5.82 Å². The summed E-state index contributed by atoms with van der Waals surface area (Å²) >= 11 is 0. The number of fused-ring (bicyclic) bond motifs is 3. The Bertz CT molecular complexity index is 2930. The molecule has 0 bridgehead atoms. The second-order valence-corrected chi connectivity index (χ2v) is 13.5. The van der Waals surface area contributed by atoms with Crippen LogP contribution in [-0.2, 0) is 0 Å². The largest absolute Gasteiger partial charge is 0.263 e. The van der Waals surface area contributed by atoms with Crippen LogP contribution in [0, 0.1) is 0 Å². The quantitative estimate of drug-likeness (QED) is 0.163. The third-order valence-electron chi connectivity index (χ3n) is 10.2. The number of benzene rings is 7. The molecular weight excluding hydrogens is 657 g/mol. The van der Waals surface area contributed by atoms with Gasteiger partial charge < -0.3 is 0 Å². The minimum atomic E-state index is 0.628. The number of hydrogen-bond acceptors (Lipinski definition) is 4. The molecule has 0 spiro atoms. The Balaban J connectivity index is 1.19. The first kappa shape index (κ1) is 31.4. The molecule has 7 aromatic carbocycles. The summed E-state index contributed by atoms with van der Waals surface area (Å²) in [5, 5.41) is 6.98. The Labute approximate surface area is 313 Å². The first-order valence-electron chi connectivity index (χ1n) is 18.1. The van der Waals surface area contributed by atoms with Crippen molar-refractivity contribution in [2.45, 2.75) is 0 Å². The summed E-state index contributed by atoms with van der Waals surface area (Å²) in [5.41, 5.74) is 11.3. The maximum absolute atomic E-state index is 5.28. The Kier molecular flexibility index (Phi) is 7.77. The first-order chi connectivity index (χ1) is 26.8. The summed E-state index contributed by atoms with van der Waals surface area (Å²) in [6.45, 7) is 0. The van der Waals surface area contributed by atoms with E-state index in [0.29, 0.717) is 5.82 Å². The fourth-order valence-corrected chi connectivity index (χ4v) is 7.72. The van der Waals surface area contributed by atoms with Crippen molar-refractivity contribution in [3.8, 4) is 67.4 Å². The van der Waals surface area contributed by atoms with Crippen molar-refractivity contribution >= 4 is 32.3 Å². The van der Waals surface area contributed by atoms with E-state index in [1.165, 1.54) is 38.2 Å². The highest BCUT2D eigenvalue weighted by Crippen LogP contribution is 2.44. The molecule has 0 N–H and O–H groups in total. The standard InChI is InChI=1S/C50H32N4/c1-2-14-33(15-3-1)48-40-22-6-8-24-42(40)49(43-25-9-7-23-41(43)48)37-20-13-19-36(29-37)47-30-46(35-18-12-17-34(28-35)45-26-10-11-27-52-45)53-50(54-47)44-32-51-31-38-16-4-5-21-39(38)44/h1-32H. The number of pyridine rings is 2. The van der Waals surface area contributed by atoms with E-state index in [2.05, 4.69) is 156 Å². The molecule has 3 heterocycles. The molecule has 0 atom stereocenters. The second-order valence-electron chi connectivity index (χ2n) is 13.5. The zero-order valence-corrected chi connectivity index (χ0v) is 29.3. The summed E-state index contributed by atoms with van der Waals surface area (Å²) in [6, 6.07) is 61.8. The van der Waals surface area contributed by atoms with Gasteiger partial charge >= 0.3 is 0 Å². The fourth-order valence-electron chi connectivity index (χ4n) is 7.72. The molecule has 10 rings (SSSR count). The fraction of sp³-hybridized carbons (Fsp3) is 0. The van der Waals surface area contributed by atoms with Crippen LogP contribution in [0.2, 0.25) is 0 Å². The van der Waals surface area contributed by atoms with Crippen LogP contribution in [0.4, 0.5) is 0 Å². The van der Waals surface area contributed by atoms with E-state index in [4.69, 9.17) is 9.97 Å². The normalized spacial score (nSPS) is 11.3. The lowest BCUT2D eigenvalue weighted by atomic mass is 9.85. The molecule has 3 aromatic heterocycles. The third-order valence-corrected chi connectivity index (χ3v) is 10.2. The van der Waals surface area contributed by atoms with E-state index in [0.717, 1.165) is 55.7 Å². The molecule has 0 radical (unpaired) electrons. The molecule has 0 saturated carbocycles. The van der Waals surface area contributed by atoms with E-state index in [1.54, 1.807) is 0 Å². The summed E-state index contributed by atoms with van der Waals surface area (Å²) in [6.07, 6.45) is 5.59. The zero-order chi connectivity index (χ0) is 35.8. The predicted octanol–water partition coefficient (Wildman–Crippen LogP) is 12.7. The molecule has 4 nitrogen and oxygen atoms in total.